The van der Waals surface area contributed by atoms with Crippen molar-refractivity contribution in [3.63, 3.8) is 0 Å². The van der Waals surface area contributed by atoms with Gasteiger partial charge in [0.15, 0.2) is 0 Å². The number of rotatable bonds is 6. The molecule has 0 aliphatic heterocycles. The first-order chi connectivity index (χ1) is 8.43. The molecule has 7 heteroatoms. The third-order valence-electron chi connectivity index (χ3n) is 2.91. The maximum Gasteiger partial charge on any atom is 0.326 e. The van der Waals surface area contributed by atoms with Gasteiger partial charge in [0.2, 0.25) is 5.91 Å². The first kappa shape index (κ1) is 14.3. The number of aliphatic carboxylic acids is 1. The zero-order valence-corrected chi connectivity index (χ0v) is 10.6. The number of nitrogens with zero attached hydrogens (tertiary/aromatic N) is 1. The normalized spacial score (nSPS) is 15.7. The molecule has 1 fully saturated rings. The predicted molar refractivity (Wildman–Crippen MR) is 64.0 cm³/mol. The van der Waals surface area contributed by atoms with E-state index in [0.29, 0.717) is 6.54 Å². The lowest BCUT2D eigenvalue weighted by Gasteiger charge is -2.21. The number of carbonyl (C=O) groups is 3. The van der Waals surface area contributed by atoms with Gasteiger partial charge < -0.3 is 20.6 Å². The fraction of sp³-hybridized carbons (Fsp3) is 0.727. The molecule has 0 heterocycles. The Morgan fingerprint density at radius 2 is 1.83 bits per heavy atom. The molecule has 7 nitrogen and oxygen atoms in total. The van der Waals surface area contributed by atoms with Gasteiger partial charge in [-0.25, -0.2) is 9.59 Å². The Labute approximate surface area is 106 Å². The van der Waals surface area contributed by atoms with Crippen LogP contribution in [0.2, 0.25) is 0 Å². The summed E-state index contributed by atoms with van der Waals surface area (Å²) in [5.41, 5.74) is 0. The van der Waals surface area contributed by atoms with Crippen molar-refractivity contribution in [3.05, 3.63) is 0 Å². The molecule has 0 radical (unpaired) electrons. The summed E-state index contributed by atoms with van der Waals surface area (Å²) in [6.07, 6.45) is 1.88. The molecule has 0 aromatic rings. The Bertz CT molecular complexity index is 341. The molecule has 1 unspecified atom stereocenters. The number of urea groups is 1. The van der Waals surface area contributed by atoms with E-state index in [9.17, 15) is 14.4 Å². The second-order valence-corrected chi connectivity index (χ2v) is 4.42. The quantitative estimate of drug-likeness (QED) is 0.565. The van der Waals surface area contributed by atoms with Crippen LogP contribution in [-0.2, 0) is 9.59 Å². The Kier molecular flexibility index (Phi) is 4.94. The van der Waals surface area contributed by atoms with Crippen LogP contribution in [-0.4, -0.2) is 54.1 Å². The topological polar surface area (TPSA) is 98.7 Å². The van der Waals surface area contributed by atoms with E-state index in [4.69, 9.17) is 5.11 Å². The van der Waals surface area contributed by atoms with Gasteiger partial charge in [-0.15, -0.1) is 0 Å². The van der Waals surface area contributed by atoms with Crippen LogP contribution in [0.5, 0.6) is 0 Å². The minimum atomic E-state index is -1.06. The second-order valence-electron chi connectivity index (χ2n) is 4.42. The Hall–Kier alpha value is -1.79. The summed E-state index contributed by atoms with van der Waals surface area (Å²) < 4.78 is 0. The van der Waals surface area contributed by atoms with Crippen molar-refractivity contribution in [3.8, 4) is 0 Å². The summed E-state index contributed by atoms with van der Waals surface area (Å²) in [5, 5.41) is 14.0. The van der Waals surface area contributed by atoms with Crippen LogP contribution in [0.1, 0.15) is 19.8 Å². The lowest BCUT2D eigenvalue weighted by molar-refractivity contribution is -0.141. The standard InChI is InChI=1S/C11H19N3O4/c1-7(10(16)17)14(2)11(18)13-6-5-12-9(15)8-3-4-8/h7-8H,3-6H2,1-2H3,(H,12,15)(H,13,18)(H,16,17). The highest BCUT2D eigenvalue weighted by Crippen LogP contribution is 2.28. The zero-order chi connectivity index (χ0) is 13.7. The van der Waals surface area contributed by atoms with E-state index in [1.165, 1.54) is 14.0 Å². The molecule has 0 spiro atoms. The monoisotopic (exact) mass is 257 g/mol. The summed E-state index contributed by atoms with van der Waals surface area (Å²) in [4.78, 5) is 34.6. The van der Waals surface area contributed by atoms with Crippen molar-refractivity contribution in [2.24, 2.45) is 5.92 Å². The van der Waals surface area contributed by atoms with Gasteiger partial charge in [-0.2, -0.15) is 0 Å². The SMILES string of the molecule is CC(C(=O)O)N(C)C(=O)NCCNC(=O)C1CC1. The van der Waals surface area contributed by atoms with Crippen molar-refractivity contribution < 1.29 is 19.5 Å². The molecule has 1 rings (SSSR count). The predicted octanol–water partition coefficient (Wildman–Crippen LogP) is -0.373. The summed E-state index contributed by atoms with van der Waals surface area (Å²) >= 11 is 0. The van der Waals surface area contributed by atoms with Crippen LogP contribution in [0.15, 0.2) is 0 Å². The number of carboxylic acids is 1. The number of likely N-dealkylation sites (N-methyl/N-ethyl adjacent to an activating group) is 1. The van der Waals surface area contributed by atoms with Crippen molar-refractivity contribution in [2.45, 2.75) is 25.8 Å². The Balaban J connectivity index is 2.15. The van der Waals surface area contributed by atoms with Gasteiger partial charge >= 0.3 is 12.0 Å². The third-order valence-corrected chi connectivity index (χ3v) is 2.91. The molecule has 18 heavy (non-hydrogen) atoms. The molecule has 3 N–H and O–H groups in total. The first-order valence-corrected chi connectivity index (χ1v) is 5.94. The molecule has 0 aromatic carbocycles. The molecule has 102 valence electrons. The fourth-order valence-electron chi connectivity index (χ4n) is 1.31. The average molecular weight is 257 g/mol. The van der Waals surface area contributed by atoms with Crippen LogP contribution in [0.25, 0.3) is 0 Å². The minimum absolute atomic E-state index is 0.0245. The Morgan fingerprint density at radius 3 is 2.33 bits per heavy atom. The van der Waals surface area contributed by atoms with E-state index in [1.807, 2.05) is 0 Å². The van der Waals surface area contributed by atoms with Gasteiger partial charge in [0.25, 0.3) is 0 Å². The second kappa shape index (κ2) is 6.23. The largest absolute Gasteiger partial charge is 0.480 e. The molecule has 1 saturated carbocycles. The molecular weight excluding hydrogens is 238 g/mol. The van der Waals surface area contributed by atoms with Gasteiger partial charge in [-0.1, -0.05) is 0 Å². The summed E-state index contributed by atoms with van der Waals surface area (Å²) in [6, 6.07) is -1.35. The van der Waals surface area contributed by atoms with E-state index in [1.54, 1.807) is 0 Å². The molecule has 1 aliphatic rings. The summed E-state index contributed by atoms with van der Waals surface area (Å²) in [5.74, 6) is -0.887. The van der Waals surface area contributed by atoms with Gasteiger partial charge in [-0.05, 0) is 19.8 Å². The summed E-state index contributed by atoms with van der Waals surface area (Å²) in [6.45, 7) is 2.07. The highest BCUT2D eigenvalue weighted by atomic mass is 16.4. The van der Waals surface area contributed by atoms with Crippen LogP contribution in [0.4, 0.5) is 4.79 Å². The maximum atomic E-state index is 11.5. The highest BCUT2D eigenvalue weighted by Gasteiger charge is 2.29. The van der Waals surface area contributed by atoms with Crippen LogP contribution < -0.4 is 10.6 Å². The number of nitrogens with one attached hydrogen (secondary N) is 2. The zero-order valence-electron chi connectivity index (χ0n) is 10.6. The van der Waals surface area contributed by atoms with Crippen LogP contribution in [0, 0.1) is 5.92 Å². The van der Waals surface area contributed by atoms with Crippen molar-refractivity contribution in [1.82, 2.24) is 15.5 Å². The Morgan fingerprint density at radius 1 is 1.28 bits per heavy atom. The van der Waals surface area contributed by atoms with Crippen molar-refractivity contribution in [1.29, 1.82) is 0 Å². The molecule has 1 atom stereocenters. The van der Waals surface area contributed by atoms with Crippen molar-refractivity contribution >= 4 is 17.9 Å². The number of amides is 3. The minimum Gasteiger partial charge on any atom is -0.480 e. The summed E-state index contributed by atoms with van der Waals surface area (Å²) in [7, 11) is 1.41. The smallest absolute Gasteiger partial charge is 0.326 e. The van der Waals surface area contributed by atoms with E-state index >= 15 is 0 Å². The third kappa shape index (κ3) is 4.23. The first-order valence-electron chi connectivity index (χ1n) is 5.94. The van der Waals surface area contributed by atoms with Gasteiger partial charge in [0.1, 0.15) is 6.04 Å². The number of carbonyl (C=O) groups excluding carboxylic acids is 2. The molecular formula is C11H19N3O4. The van der Waals surface area contributed by atoms with Gasteiger partial charge in [0, 0.05) is 26.1 Å². The van der Waals surface area contributed by atoms with Gasteiger partial charge in [-0.3, -0.25) is 4.79 Å². The van der Waals surface area contributed by atoms with Crippen LogP contribution >= 0.6 is 0 Å². The molecule has 3 amide bonds. The number of hydrogen-bond donors (Lipinski definition) is 3. The fourth-order valence-corrected chi connectivity index (χ4v) is 1.31. The number of hydrogen-bond acceptors (Lipinski definition) is 3. The molecule has 0 saturated heterocycles. The molecule has 1 aliphatic carbocycles. The lowest BCUT2D eigenvalue weighted by atomic mass is 10.3. The van der Waals surface area contributed by atoms with E-state index in [2.05, 4.69) is 10.6 Å². The molecule has 0 bridgehead atoms. The van der Waals surface area contributed by atoms with Gasteiger partial charge in [0.05, 0.1) is 0 Å². The van der Waals surface area contributed by atoms with E-state index in [0.717, 1.165) is 17.7 Å². The maximum absolute atomic E-state index is 11.5. The van der Waals surface area contributed by atoms with Crippen LogP contribution in [0.3, 0.4) is 0 Å². The molecule has 0 aromatic heterocycles. The average Bonchev–Trinajstić information content (AvgIpc) is 3.15. The number of carboxylic acid groups (broad SMARTS) is 1. The highest BCUT2D eigenvalue weighted by molar-refractivity contribution is 5.82. The lowest BCUT2D eigenvalue weighted by Crippen LogP contribution is -2.47. The van der Waals surface area contributed by atoms with Crippen molar-refractivity contribution in [2.75, 3.05) is 20.1 Å². The van der Waals surface area contributed by atoms with E-state index in [-0.39, 0.29) is 18.4 Å². The van der Waals surface area contributed by atoms with E-state index < -0.39 is 18.0 Å².